The van der Waals surface area contributed by atoms with Gasteiger partial charge in [-0.3, -0.25) is 4.90 Å². The highest BCUT2D eigenvalue weighted by molar-refractivity contribution is 5.33. The summed E-state index contributed by atoms with van der Waals surface area (Å²) in [4.78, 5) is 2.23. The standard InChI is InChI=1S/C17H26N2O/c1-14(2)13-19(3)10-11-20-17-7-5-4-6-15(17)12-18-16-8-9-16/h4-7,16,18H,1,8-13H2,2-3H3. The maximum absolute atomic E-state index is 5.93. The van der Waals surface area contributed by atoms with Gasteiger partial charge in [-0.05, 0) is 32.9 Å². The number of likely N-dealkylation sites (N-methyl/N-ethyl adjacent to an activating group) is 1. The second-order valence-corrected chi connectivity index (χ2v) is 5.81. The topological polar surface area (TPSA) is 24.5 Å². The van der Waals surface area contributed by atoms with Crippen molar-refractivity contribution in [2.75, 3.05) is 26.7 Å². The number of para-hydroxylation sites is 1. The molecular weight excluding hydrogens is 248 g/mol. The number of ether oxygens (including phenoxy) is 1. The molecule has 2 rings (SSSR count). The van der Waals surface area contributed by atoms with Crippen LogP contribution in [0.15, 0.2) is 36.4 Å². The van der Waals surface area contributed by atoms with Crippen LogP contribution in [0.1, 0.15) is 25.3 Å². The molecule has 1 aliphatic rings. The lowest BCUT2D eigenvalue weighted by molar-refractivity contribution is 0.245. The van der Waals surface area contributed by atoms with Crippen molar-refractivity contribution in [3.05, 3.63) is 42.0 Å². The number of hydrogen-bond donors (Lipinski definition) is 1. The third-order valence-electron chi connectivity index (χ3n) is 3.40. The van der Waals surface area contributed by atoms with Crippen LogP contribution in [-0.2, 0) is 6.54 Å². The molecule has 3 nitrogen and oxygen atoms in total. The Labute approximate surface area is 122 Å². The predicted octanol–water partition coefficient (Wildman–Crippen LogP) is 2.83. The summed E-state index contributed by atoms with van der Waals surface area (Å²) >= 11 is 0. The largest absolute Gasteiger partial charge is 0.492 e. The molecule has 1 N–H and O–H groups in total. The molecular formula is C17H26N2O. The Morgan fingerprint density at radius 3 is 2.85 bits per heavy atom. The van der Waals surface area contributed by atoms with E-state index >= 15 is 0 Å². The fourth-order valence-corrected chi connectivity index (χ4v) is 2.18. The van der Waals surface area contributed by atoms with E-state index in [4.69, 9.17) is 4.74 Å². The van der Waals surface area contributed by atoms with E-state index in [0.29, 0.717) is 6.61 Å². The van der Waals surface area contributed by atoms with Crippen LogP contribution in [-0.4, -0.2) is 37.7 Å². The Bertz CT molecular complexity index is 440. The van der Waals surface area contributed by atoms with Crippen molar-refractivity contribution < 1.29 is 4.74 Å². The molecule has 0 heterocycles. The summed E-state index contributed by atoms with van der Waals surface area (Å²) in [5, 5.41) is 3.54. The number of hydrogen-bond acceptors (Lipinski definition) is 3. The van der Waals surface area contributed by atoms with Gasteiger partial charge in [0.05, 0.1) is 0 Å². The van der Waals surface area contributed by atoms with Crippen molar-refractivity contribution in [3.63, 3.8) is 0 Å². The molecule has 0 spiro atoms. The fourth-order valence-electron chi connectivity index (χ4n) is 2.18. The molecule has 0 saturated heterocycles. The van der Waals surface area contributed by atoms with Gasteiger partial charge in [-0.2, -0.15) is 0 Å². The summed E-state index contributed by atoms with van der Waals surface area (Å²) in [5.74, 6) is 1.00. The molecule has 1 fully saturated rings. The molecule has 0 aliphatic heterocycles. The molecule has 1 aliphatic carbocycles. The highest BCUT2D eigenvalue weighted by Gasteiger charge is 2.20. The van der Waals surface area contributed by atoms with E-state index in [1.54, 1.807) is 0 Å². The average Bonchev–Trinajstić information content (AvgIpc) is 3.21. The van der Waals surface area contributed by atoms with E-state index < -0.39 is 0 Å². The number of benzene rings is 1. The third-order valence-corrected chi connectivity index (χ3v) is 3.40. The van der Waals surface area contributed by atoms with Crippen molar-refractivity contribution in [2.45, 2.75) is 32.4 Å². The minimum Gasteiger partial charge on any atom is -0.492 e. The van der Waals surface area contributed by atoms with Crippen molar-refractivity contribution in [1.29, 1.82) is 0 Å². The highest BCUT2D eigenvalue weighted by Crippen LogP contribution is 2.22. The quantitative estimate of drug-likeness (QED) is 0.701. The molecule has 20 heavy (non-hydrogen) atoms. The lowest BCUT2D eigenvalue weighted by Gasteiger charge is -2.18. The highest BCUT2D eigenvalue weighted by atomic mass is 16.5. The van der Waals surface area contributed by atoms with Gasteiger partial charge in [0, 0.05) is 31.2 Å². The van der Waals surface area contributed by atoms with Gasteiger partial charge in [-0.1, -0.05) is 30.4 Å². The first-order valence-electron chi connectivity index (χ1n) is 7.42. The zero-order valence-corrected chi connectivity index (χ0v) is 12.7. The minimum atomic E-state index is 0.713. The Hall–Kier alpha value is -1.32. The molecule has 0 radical (unpaired) electrons. The monoisotopic (exact) mass is 274 g/mol. The fraction of sp³-hybridized carbons (Fsp3) is 0.529. The zero-order chi connectivity index (χ0) is 14.4. The number of nitrogens with one attached hydrogen (secondary N) is 1. The van der Waals surface area contributed by atoms with Gasteiger partial charge < -0.3 is 10.1 Å². The Balaban J connectivity index is 1.77. The minimum absolute atomic E-state index is 0.713. The van der Waals surface area contributed by atoms with Crippen LogP contribution in [0.5, 0.6) is 5.75 Å². The Morgan fingerprint density at radius 2 is 2.15 bits per heavy atom. The second-order valence-electron chi connectivity index (χ2n) is 5.81. The molecule has 3 heteroatoms. The van der Waals surface area contributed by atoms with E-state index in [1.807, 2.05) is 6.07 Å². The predicted molar refractivity (Wildman–Crippen MR) is 84.1 cm³/mol. The molecule has 1 saturated carbocycles. The molecule has 110 valence electrons. The van der Waals surface area contributed by atoms with Gasteiger partial charge in [0.15, 0.2) is 0 Å². The Kier molecular flexibility index (Phi) is 5.62. The Morgan fingerprint density at radius 1 is 1.40 bits per heavy atom. The number of rotatable bonds is 9. The normalized spacial score (nSPS) is 14.6. The average molecular weight is 274 g/mol. The summed E-state index contributed by atoms with van der Waals surface area (Å²) in [6.07, 6.45) is 2.63. The van der Waals surface area contributed by atoms with Crippen molar-refractivity contribution in [1.82, 2.24) is 10.2 Å². The van der Waals surface area contributed by atoms with Gasteiger partial charge in [-0.15, -0.1) is 0 Å². The van der Waals surface area contributed by atoms with Crippen LogP contribution < -0.4 is 10.1 Å². The van der Waals surface area contributed by atoms with Crippen molar-refractivity contribution in [2.24, 2.45) is 0 Å². The van der Waals surface area contributed by atoms with E-state index in [-0.39, 0.29) is 0 Å². The van der Waals surface area contributed by atoms with Crippen molar-refractivity contribution >= 4 is 0 Å². The zero-order valence-electron chi connectivity index (χ0n) is 12.7. The SMILES string of the molecule is C=C(C)CN(C)CCOc1ccccc1CNC1CC1. The van der Waals surface area contributed by atoms with Crippen LogP contribution in [0.3, 0.4) is 0 Å². The molecule has 0 aromatic heterocycles. The lowest BCUT2D eigenvalue weighted by atomic mass is 10.2. The van der Waals surface area contributed by atoms with E-state index in [0.717, 1.165) is 31.4 Å². The maximum Gasteiger partial charge on any atom is 0.123 e. The second kappa shape index (κ2) is 7.46. The first-order chi connectivity index (χ1) is 9.65. The summed E-state index contributed by atoms with van der Waals surface area (Å²) in [6.45, 7) is 9.44. The summed E-state index contributed by atoms with van der Waals surface area (Å²) in [5.41, 5.74) is 2.43. The van der Waals surface area contributed by atoms with Crippen LogP contribution in [0.4, 0.5) is 0 Å². The van der Waals surface area contributed by atoms with Crippen molar-refractivity contribution in [3.8, 4) is 5.75 Å². The molecule has 0 bridgehead atoms. The van der Waals surface area contributed by atoms with Gasteiger partial charge in [0.25, 0.3) is 0 Å². The first kappa shape index (κ1) is 15.1. The van der Waals surface area contributed by atoms with E-state index in [9.17, 15) is 0 Å². The van der Waals surface area contributed by atoms with Gasteiger partial charge in [0.1, 0.15) is 12.4 Å². The first-order valence-corrected chi connectivity index (χ1v) is 7.42. The summed E-state index contributed by atoms with van der Waals surface area (Å²) in [6, 6.07) is 9.03. The van der Waals surface area contributed by atoms with Gasteiger partial charge in [-0.25, -0.2) is 0 Å². The van der Waals surface area contributed by atoms with E-state index in [2.05, 4.69) is 49.0 Å². The molecule has 0 amide bonds. The van der Waals surface area contributed by atoms with E-state index in [1.165, 1.54) is 24.0 Å². The maximum atomic E-state index is 5.93. The third kappa shape index (κ3) is 5.35. The van der Waals surface area contributed by atoms with Gasteiger partial charge >= 0.3 is 0 Å². The summed E-state index contributed by atoms with van der Waals surface area (Å²) in [7, 11) is 2.10. The molecule has 1 aromatic carbocycles. The molecule has 0 unspecified atom stereocenters. The van der Waals surface area contributed by atoms with Crippen LogP contribution in [0.25, 0.3) is 0 Å². The van der Waals surface area contributed by atoms with Gasteiger partial charge in [0.2, 0.25) is 0 Å². The molecule has 1 aromatic rings. The van der Waals surface area contributed by atoms with Crippen LogP contribution in [0, 0.1) is 0 Å². The van der Waals surface area contributed by atoms with Crippen LogP contribution in [0.2, 0.25) is 0 Å². The van der Waals surface area contributed by atoms with Crippen LogP contribution >= 0.6 is 0 Å². The summed E-state index contributed by atoms with van der Waals surface area (Å²) < 4.78 is 5.93. The number of nitrogens with zero attached hydrogens (tertiary/aromatic N) is 1. The molecule has 0 atom stereocenters. The lowest BCUT2D eigenvalue weighted by Crippen LogP contribution is -2.26. The smallest absolute Gasteiger partial charge is 0.123 e.